The topological polar surface area (TPSA) is 72.7 Å². The molecule has 5 rings (SSSR count). The number of fused-ring (bicyclic) bond motifs is 1. The van der Waals surface area contributed by atoms with E-state index >= 15 is 0 Å². The Kier molecular flexibility index (Phi) is 4.28. The van der Waals surface area contributed by atoms with Gasteiger partial charge in [0.1, 0.15) is 5.82 Å². The molecule has 0 spiro atoms. The summed E-state index contributed by atoms with van der Waals surface area (Å²) >= 11 is 5.89. The zero-order chi connectivity index (χ0) is 20.0. The van der Waals surface area contributed by atoms with E-state index in [1.165, 1.54) is 6.20 Å². The van der Waals surface area contributed by atoms with Gasteiger partial charge in [0.05, 0.1) is 27.4 Å². The van der Waals surface area contributed by atoms with E-state index in [1.54, 1.807) is 12.1 Å². The number of para-hydroxylation sites is 1. The van der Waals surface area contributed by atoms with Crippen LogP contribution in [-0.2, 0) is 0 Å². The third-order valence-corrected chi connectivity index (χ3v) is 5.27. The fraction of sp³-hybridized carbons (Fsp3) is 0.182. The highest BCUT2D eigenvalue weighted by Crippen LogP contribution is 2.40. The summed E-state index contributed by atoms with van der Waals surface area (Å²) in [7, 11) is 0. The molecule has 0 unspecified atom stereocenters. The molecule has 1 aromatic carbocycles. The van der Waals surface area contributed by atoms with Crippen LogP contribution in [0.2, 0.25) is 5.02 Å². The molecule has 4 aromatic rings. The Morgan fingerprint density at radius 2 is 1.97 bits per heavy atom. The van der Waals surface area contributed by atoms with Crippen LogP contribution >= 0.6 is 11.6 Å². The van der Waals surface area contributed by atoms with Crippen molar-refractivity contribution in [1.82, 2.24) is 19.7 Å². The highest BCUT2D eigenvalue weighted by molar-refractivity contribution is 6.30. The summed E-state index contributed by atoms with van der Waals surface area (Å²) in [6.07, 6.45) is 3.70. The third kappa shape index (κ3) is 3.36. The molecule has 1 saturated carbocycles. The lowest BCUT2D eigenvalue weighted by Gasteiger charge is -2.09. The van der Waals surface area contributed by atoms with Crippen LogP contribution in [0.3, 0.4) is 0 Å². The maximum atomic E-state index is 13.2. The van der Waals surface area contributed by atoms with Crippen LogP contribution < -0.4 is 5.32 Å². The summed E-state index contributed by atoms with van der Waals surface area (Å²) < 4.78 is 1.81. The molecular weight excluding hydrogens is 386 g/mol. The lowest BCUT2D eigenvalue weighted by Crippen LogP contribution is -2.14. The Morgan fingerprint density at radius 1 is 1.17 bits per heavy atom. The molecule has 0 aliphatic heterocycles. The number of nitrogens with zero attached hydrogens (tertiary/aromatic N) is 4. The second kappa shape index (κ2) is 6.97. The molecule has 3 aromatic heterocycles. The number of hydrogen-bond donors (Lipinski definition) is 1. The molecule has 6 nitrogen and oxygen atoms in total. The number of carbonyl (C=O) groups excluding carboxylic acids is 1. The molecule has 1 aliphatic rings. The van der Waals surface area contributed by atoms with Crippen LogP contribution in [0.4, 0.5) is 5.82 Å². The number of carbonyl (C=O) groups is 1. The Labute approximate surface area is 172 Å². The molecule has 0 saturated heterocycles. The largest absolute Gasteiger partial charge is 0.307 e. The van der Waals surface area contributed by atoms with Crippen LogP contribution in [0.5, 0.6) is 0 Å². The Morgan fingerprint density at radius 3 is 2.66 bits per heavy atom. The van der Waals surface area contributed by atoms with Gasteiger partial charge < -0.3 is 5.32 Å². The predicted octanol–water partition coefficient (Wildman–Crippen LogP) is 4.91. The first kappa shape index (κ1) is 17.8. The van der Waals surface area contributed by atoms with Gasteiger partial charge in [-0.2, -0.15) is 5.10 Å². The molecule has 144 valence electrons. The van der Waals surface area contributed by atoms with E-state index in [-0.39, 0.29) is 5.91 Å². The summed E-state index contributed by atoms with van der Waals surface area (Å²) in [5.74, 6) is 0.620. The monoisotopic (exact) mass is 403 g/mol. The van der Waals surface area contributed by atoms with Gasteiger partial charge in [0, 0.05) is 17.8 Å². The molecule has 0 atom stereocenters. The number of benzene rings is 1. The first-order valence-electron chi connectivity index (χ1n) is 9.49. The Bertz CT molecular complexity index is 1210. The van der Waals surface area contributed by atoms with Crippen LogP contribution in [0, 0.1) is 6.92 Å². The summed E-state index contributed by atoms with van der Waals surface area (Å²) in [5.41, 5.74) is 3.87. The number of pyridine rings is 2. The third-order valence-electron chi connectivity index (χ3n) is 5.04. The summed E-state index contributed by atoms with van der Waals surface area (Å²) in [6, 6.07) is 15.1. The van der Waals surface area contributed by atoms with E-state index in [1.807, 2.05) is 48.0 Å². The van der Waals surface area contributed by atoms with Gasteiger partial charge in [-0.05, 0) is 50.1 Å². The normalized spacial score (nSPS) is 13.6. The van der Waals surface area contributed by atoms with E-state index in [0.29, 0.717) is 28.0 Å². The first-order valence-corrected chi connectivity index (χ1v) is 9.86. The van der Waals surface area contributed by atoms with Gasteiger partial charge >= 0.3 is 0 Å². The second-order valence-electron chi connectivity index (χ2n) is 7.22. The van der Waals surface area contributed by atoms with Crippen molar-refractivity contribution in [2.45, 2.75) is 25.7 Å². The molecule has 7 heteroatoms. The number of aryl methyl sites for hydroxylation is 1. The second-order valence-corrected chi connectivity index (χ2v) is 7.65. The minimum Gasteiger partial charge on any atom is -0.307 e. The van der Waals surface area contributed by atoms with Gasteiger partial charge in [0.15, 0.2) is 5.65 Å². The minimum absolute atomic E-state index is 0.232. The van der Waals surface area contributed by atoms with E-state index < -0.39 is 0 Å². The average molecular weight is 404 g/mol. The molecule has 1 fully saturated rings. The predicted molar refractivity (Wildman–Crippen MR) is 113 cm³/mol. The molecule has 29 heavy (non-hydrogen) atoms. The van der Waals surface area contributed by atoms with Crippen molar-refractivity contribution in [3.05, 3.63) is 76.7 Å². The van der Waals surface area contributed by atoms with Crippen molar-refractivity contribution >= 4 is 34.4 Å². The quantitative estimate of drug-likeness (QED) is 0.525. The van der Waals surface area contributed by atoms with Gasteiger partial charge in [-0.1, -0.05) is 29.8 Å². The molecule has 0 bridgehead atoms. The SMILES string of the molecule is Cc1nn(-c2ccccc2)c2nc(C3CC3)cc(C(=O)Nc3ccc(Cl)cn3)c12. The lowest BCUT2D eigenvalue weighted by atomic mass is 10.1. The van der Waals surface area contributed by atoms with Crippen LogP contribution in [0.1, 0.15) is 40.5 Å². The molecular formula is C22H18ClN5O. The number of hydrogen-bond acceptors (Lipinski definition) is 4. The number of nitrogens with one attached hydrogen (secondary N) is 1. The Balaban J connectivity index is 1.65. The van der Waals surface area contributed by atoms with Gasteiger partial charge in [0.2, 0.25) is 0 Å². The number of rotatable bonds is 4. The van der Waals surface area contributed by atoms with Crippen LogP contribution in [-0.4, -0.2) is 25.7 Å². The summed E-state index contributed by atoms with van der Waals surface area (Å²) in [4.78, 5) is 22.2. The summed E-state index contributed by atoms with van der Waals surface area (Å²) in [6.45, 7) is 1.90. The summed E-state index contributed by atoms with van der Waals surface area (Å²) in [5, 5.41) is 8.82. The van der Waals surface area contributed by atoms with Gasteiger partial charge in [-0.25, -0.2) is 14.6 Å². The van der Waals surface area contributed by atoms with E-state index in [2.05, 4.69) is 15.4 Å². The number of aromatic nitrogens is 4. The van der Waals surface area contributed by atoms with Crippen LogP contribution in [0.15, 0.2) is 54.7 Å². The standard InChI is InChI=1S/C22H18ClN5O/c1-13-20-17(22(29)26-19-10-9-15(23)12-24-19)11-18(14-7-8-14)25-21(20)28(27-13)16-5-3-2-4-6-16/h2-6,9-12,14H,7-8H2,1H3,(H,24,26,29). The first-order chi connectivity index (χ1) is 14.1. The van der Waals surface area contributed by atoms with E-state index in [9.17, 15) is 4.79 Å². The molecule has 1 N–H and O–H groups in total. The van der Waals surface area contributed by atoms with Crippen LogP contribution in [0.25, 0.3) is 16.7 Å². The number of amides is 1. The van der Waals surface area contributed by atoms with Gasteiger partial charge in [0.25, 0.3) is 5.91 Å². The fourth-order valence-corrected chi connectivity index (χ4v) is 3.57. The van der Waals surface area contributed by atoms with Crippen molar-refractivity contribution < 1.29 is 4.79 Å². The zero-order valence-electron chi connectivity index (χ0n) is 15.8. The highest BCUT2D eigenvalue weighted by atomic mass is 35.5. The molecule has 3 heterocycles. The van der Waals surface area contributed by atoms with Gasteiger partial charge in [-0.15, -0.1) is 0 Å². The zero-order valence-corrected chi connectivity index (χ0v) is 16.5. The minimum atomic E-state index is -0.232. The fourth-order valence-electron chi connectivity index (χ4n) is 3.46. The number of halogens is 1. The highest BCUT2D eigenvalue weighted by Gasteiger charge is 2.29. The van der Waals surface area contributed by atoms with E-state index in [0.717, 1.165) is 35.3 Å². The van der Waals surface area contributed by atoms with E-state index in [4.69, 9.17) is 16.6 Å². The van der Waals surface area contributed by atoms with Crippen molar-refractivity contribution in [3.8, 4) is 5.69 Å². The maximum absolute atomic E-state index is 13.2. The number of anilines is 1. The molecule has 0 radical (unpaired) electrons. The van der Waals surface area contributed by atoms with Crippen molar-refractivity contribution in [2.24, 2.45) is 0 Å². The lowest BCUT2D eigenvalue weighted by molar-refractivity contribution is 0.102. The van der Waals surface area contributed by atoms with Crippen molar-refractivity contribution in [2.75, 3.05) is 5.32 Å². The van der Waals surface area contributed by atoms with Crippen molar-refractivity contribution in [3.63, 3.8) is 0 Å². The molecule has 1 amide bonds. The Hall–Kier alpha value is -3.25. The smallest absolute Gasteiger partial charge is 0.257 e. The van der Waals surface area contributed by atoms with Gasteiger partial charge in [-0.3, -0.25) is 4.79 Å². The van der Waals surface area contributed by atoms with Crippen molar-refractivity contribution in [1.29, 1.82) is 0 Å². The maximum Gasteiger partial charge on any atom is 0.257 e. The molecule has 1 aliphatic carbocycles. The average Bonchev–Trinajstić information content (AvgIpc) is 3.54.